The number of rotatable bonds is 3. The Morgan fingerprint density at radius 3 is 2.58 bits per heavy atom. The number of aryl methyl sites for hydroxylation is 1. The summed E-state index contributed by atoms with van der Waals surface area (Å²) in [7, 11) is 1.41. The average Bonchev–Trinajstić information content (AvgIpc) is 3.21. The number of esters is 1. The van der Waals surface area contributed by atoms with Crippen LogP contribution in [-0.4, -0.2) is 46.5 Å². The van der Waals surface area contributed by atoms with Crippen molar-refractivity contribution in [2.24, 2.45) is 5.92 Å². The molecule has 0 saturated carbocycles. The number of aromatic nitrogens is 2. The molecule has 1 aliphatic heterocycles. The first-order valence-corrected chi connectivity index (χ1v) is 8.86. The van der Waals surface area contributed by atoms with Gasteiger partial charge >= 0.3 is 5.97 Å². The third-order valence-electron chi connectivity index (χ3n) is 4.59. The molecule has 0 spiro atoms. The quantitative estimate of drug-likeness (QED) is 0.801. The van der Waals surface area contributed by atoms with Gasteiger partial charge in [0.05, 0.1) is 18.6 Å². The molecular weight excluding hydrogens is 326 g/mol. The lowest BCUT2D eigenvalue weighted by molar-refractivity contribution is -0.146. The zero-order valence-corrected chi connectivity index (χ0v) is 14.9. The Kier molecular flexibility index (Phi) is 4.71. The van der Waals surface area contributed by atoms with Crippen molar-refractivity contribution in [2.75, 3.05) is 20.2 Å². The van der Waals surface area contributed by atoms with Gasteiger partial charge in [-0.2, -0.15) is 0 Å². The standard InChI is InChI=1S/C17H21N3O3S/c1-11-10-14(12(2)20(11)17-18-6-9-24-17)15(21)19-7-4-13(5-8-19)16(22)23-3/h6,9-10,13H,4-5,7-8H2,1-3H3. The number of hydrogen-bond donors (Lipinski definition) is 0. The normalized spacial score (nSPS) is 15.5. The first kappa shape index (κ1) is 16.7. The molecule has 1 amide bonds. The molecule has 0 atom stereocenters. The Hall–Kier alpha value is -2.15. The molecule has 6 nitrogen and oxygen atoms in total. The van der Waals surface area contributed by atoms with Crippen LogP contribution in [0, 0.1) is 19.8 Å². The van der Waals surface area contributed by atoms with Crippen LogP contribution >= 0.6 is 11.3 Å². The number of hydrogen-bond acceptors (Lipinski definition) is 5. The van der Waals surface area contributed by atoms with Gasteiger partial charge in [0.2, 0.25) is 0 Å². The predicted octanol–water partition coefficient (Wildman–Crippen LogP) is 2.58. The van der Waals surface area contributed by atoms with Gasteiger partial charge in [0.15, 0.2) is 5.13 Å². The van der Waals surface area contributed by atoms with E-state index in [1.165, 1.54) is 7.11 Å². The number of ether oxygens (including phenoxy) is 1. The lowest BCUT2D eigenvalue weighted by atomic mass is 9.96. The summed E-state index contributed by atoms with van der Waals surface area (Å²) in [4.78, 5) is 30.7. The van der Waals surface area contributed by atoms with Crippen molar-refractivity contribution in [1.29, 1.82) is 0 Å². The van der Waals surface area contributed by atoms with Crippen LogP contribution in [0.15, 0.2) is 17.6 Å². The summed E-state index contributed by atoms with van der Waals surface area (Å²) in [5, 5.41) is 2.79. The van der Waals surface area contributed by atoms with Crippen LogP contribution in [0.1, 0.15) is 34.6 Å². The number of carbonyl (C=O) groups excluding carboxylic acids is 2. The average molecular weight is 347 g/mol. The fourth-order valence-corrected chi connectivity index (χ4v) is 4.01. The molecule has 1 saturated heterocycles. The van der Waals surface area contributed by atoms with Crippen LogP contribution in [0.4, 0.5) is 0 Å². The van der Waals surface area contributed by atoms with Crippen LogP contribution in [-0.2, 0) is 9.53 Å². The summed E-state index contributed by atoms with van der Waals surface area (Å²) in [6.45, 7) is 5.09. The van der Waals surface area contributed by atoms with Crippen molar-refractivity contribution in [3.8, 4) is 5.13 Å². The molecule has 3 rings (SSSR count). The molecule has 24 heavy (non-hydrogen) atoms. The van der Waals surface area contributed by atoms with Crippen LogP contribution in [0.25, 0.3) is 5.13 Å². The molecule has 2 aromatic rings. The Morgan fingerprint density at radius 1 is 1.29 bits per heavy atom. The van der Waals surface area contributed by atoms with E-state index in [-0.39, 0.29) is 17.8 Å². The monoisotopic (exact) mass is 347 g/mol. The van der Waals surface area contributed by atoms with E-state index in [1.54, 1.807) is 17.5 Å². The third-order valence-corrected chi connectivity index (χ3v) is 5.35. The molecule has 0 N–H and O–H groups in total. The minimum Gasteiger partial charge on any atom is -0.469 e. The van der Waals surface area contributed by atoms with Gasteiger partial charge in [0.1, 0.15) is 0 Å². The maximum absolute atomic E-state index is 12.9. The van der Waals surface area contributed by atoms with Gasteiger partial charge in [0.25, 0.3) is 5.91 Å². The molecule has 128 valence electrons. The summed E-state index contributed by atoms with van der Waals surface area (Å²) in [6, 6.07) is 1.92. The van der Waals surface area contributed by atoms with Gasteiger partial charge in [-0.15, -0.1) is 11.3 Å². The second kappa shape index (κ2) is 6.76. The van der Waals surface area contributed by atoms with Crippen molar-refractivity contribution >= 4 is 23.2 Å². The largest absolute Gasteiger partial charge is 0.469 e. The second-order valence-electron chi connectivity index (χ2n) is 6.02. The summed E-state index contributed by atoms with van der Waals surface area (Å²) in [6.07, 6.45) is 3.07. The first-order valence-electron chi connectivity index (χ1n) is 7.98. The maximum Gasteiger partial charge on any atom is 0.308 e. The van der Waals surface area contributed by atoms with Crippen molar-refractivity contribution in [3.05, 3.63) is 34.6 Å². The number of methoxy groups -OCH3 is 1. The summed E-state index contributed by atoms with van der Waals surface area (Å²) in [5.41, 5.74) is 2.61. The van der Waals surface area contributed by atoms with E-state index in [9.17, 15) is 9.59 Å². The van der Waals surface area contributed by atoms with E-state index in [2.05, 4.69) is 4.98 Å². The second-order valence-corrected chi connectivity index (χ2v) is 6.90. The fraction of sp³-hybridized carbons (Fsp3) is 0.471. The number of nitrogens with zero attached hydrogens (tertiary/aromatic N) is 3. The molecule has 0 unspecified atom stereocenters. The molecular formula is C17H21N3O3S. The summed E-state index contributed by atoms with van der Waals surface area (Å²) in [5.74, 6) is -0.250. The number of likely N-dealkylation sites (tertiary alicyclic amines) is 1. The van der Waals surface area contributed by atoms with Gasteiger partial charge in [0, 0.05) is 36.1 Å². The summed E-state index contributed by atoms with van der Waals surface area (Å²) >= 11 is 1.55. The Labute approximate surface area is 145 Å². The van der Waals surface area contributed by atoms with Crippen LogP contribution in [0.5, 0.6) is 0 Å². The molecule has 0 aromatic carbocycles. The molecule has 7 heteroatoms. The Morgan fingerprint density at radius 2 is 2.00 bits per heavy atom. The highest BCUT2D eigenvalue weighted by molar-refractivity contribution is 7.12. The number of piperidine rings is 1. The van der Waals surface area contributed by atoms with Gasteiger partial charge in [-0.25, -0.2) is 4.98 Å². The van der Waals surface area contributed by atoms with Gasteiger partial charge < -0.3 is 9.64 Å². The molecule has 1 fully saturated rings. The fourth-order valence-electron chi connectivity index (χ4n) is 3.26. The first-order chi connectivity index (χ1) is 11.5. The predicted molar refractivity (Wildman–Crippen MR) is 91.6 cm³/mol. The highest BCUT2D eigenvalue weighted by Gasteiger charge is 2.30. The van der Waals surface area contributed by atoms with E-state index in [0.29, 0.717) is 31.5 Å². The van der Waals surface area contributed by atoms with E-state index in [4.69, 9.17) is 4.74 Å². The van der Waals surface area contributed by atoms with E-state index in [0.717, 1.165) is 16.5 Å². The lowest BCUT2D eigenvalue weighted by Crippen LogP contribution is -2.40. The summed E-state index contributed by atoms with van der Waals surface area (Å²) < 4.78 is 6.81. The maximum atomic E-state index is 12.9. The Bertz CT molecular complexity index is 743. The molecule has 0 aliphatic carbocycles. The highest BCUT2D eigenvalue weighted by atomic mass is 32.1. The minimum absolute atomic E-state index is 0.0224. The lowest BCUT2D eigenvalue weighted by Gasteiger charge is -2.30. The SMILES string of the molecule is COC(=O)C1CCN(C(=O)c2cc(C)n(-c3nccs3)c2C)CC1. The highest BCUT2D eigenvalue weighted by Crippen LogP contribution is 2.25. The van der Waals surface area contributed by atoms with Crippen molar-refractivity contribution in [3.63, 3.8) is 0 Å². The van der Waals surface area contributed by atoms with E-state index < -0.39 is 0 Å². The smallest absolute Gasteiger partial charge is 0.308 e. The van der Waals surface area contributed by atoms with Crippen LogP contribution < -0.4 is 0 Å². The third kappa shape index (κ3) is 2.96. The molecule has 3 heterocycles. The zero-order valence-electron chi connectivity index (χ0n) is 14.1. The van der Waals surface area contributed by atoms with Crippen molar-refractivity contribution in [1.82, 2.24) is 14.5 Å². The minimum atomic E-state index is -0.177. The number of amides is 1. The number of thiazole rings is 1. The molecule has 1 aliphatic rings. The van der Waals surface area contributed by atoms with Crippen LogP contribution in [0.2, 0.25) is 0 Å². The van der Waals surface area contributed by atoms with E-state index in [1.807, 2.05) is 34.8 Å². The van der Waals surface area contributed by atoms with Gasteiger partial charge in [-0.3, -0.25) is 14.2 Å². The topological polar surface area (TPSA) is 64.4 Å². The number of carbonyl (C=O) groups is 2. The van der Waals surface area contributed by atoms with Crippen molar-refractivity contribution < 1.29 is 14.3 Å². The van der Waals surface area contributed by atoms with Crippen LogP contribution in [0.3, 0.4) is 0 Å². The van der Waals surface area contributed by atoms with Gasteiger partial charge in [-0.1, -0.05) is 0 Å². The van der Waals surface area contributed by atoms with Crippen molar-refractivity contribution in [2.45, 2.75) is 26.7 Å². The van der Waals surface area contributed by atoms with E-state index >= 15 is 0 Å². The van der Waals surface area contributed by atoms with Gasteiger partial charge in [-0.05, 0) is 32.8 Å². The molecule has 0 bridgehead atoms. The zero-order chi connectivity index (χ0) is 17.3. The molecule has 0 radical (unpaired) electrons. The Balaban J connectivity index is 1.77. The molecule has 2 aromatic heterocycles.